The number of benzene rings is 1. The Labute approximate surface area is 124 Å². The SMILES string of the molecule is C=Cc1cncc(-c2cc(C(=O)NC3CC3)ccc2C)c1. The van der Waals surface area contributed by atoms with Crippen LogP contribution in [0.2, 0.25) is 0 Å². The molecule has 0 atom stereocenters. The summed E-state index contributed by atoms with van der Waals surface area (Å²) < 4.78 is 0. The largest absolute Gasteiger partial charge is 0.349 e. The average Bonchev–Trinajstić information content (AvgIpc) is 3.31. The van der Waals surface area contributed by atoms with Crippen LogP contribution in [0.4, 0.5) is 0 Å². The van der Waals surface area contributed by atoms with E-state index in [1.54, 1.807) is 12.3 Å². The molecule has 1 saturated carbocycles. The normalized spacial score (nSPS) is 13.8. The number of carbonyl (C=O) groups excluding carboxylic acids is 1. The minimum atomic E-state index is 0.00610. The predicted molar refractivity (Wildman–Crippen MR) is 85.0 cm³/mol. The molecule has 1 aliphatic carbocycles. The van der Waals surface area contributed by atoms with E-state index in [1.807, 2.05) is 37.4 Å². The lowest BCUT2D eigenvalue weighted by molar-refractivity contribution is 0.0951. The van der Waals surface area contributed by atoms with Gasteiger partial charge in [0.25, 0.3) is 5.91 Å². The third-order valence-corrected chi connectivity index (χ3v) is 3.72. The second kappa shape index (κ2) is 5.52. The summed E-state index contributed by atoms with van der Waals surface area (Å²) in [5, 5.41) is 3.02. The van der Waals surface area contributed by atoms with Gasteiger partial charge in [-0.2, -0.15) is 0 Å². The molecule has 2 aromatic rings. The van der Waals surface area contributed by atoms with Crippen molar-refractivity contribution < 1.29 is 4.79 Å². The molecule has 0 bridgehead atoms. The van der Waals surface area contributed by atoms with Crippen molar-refractivity contribution in [2.75, 3.05) is 0 Å². The molecule has 3 heteroatoms. The highest BCUT2D eigenvalue weighted by Crippen LogP contribution is 2.26. The first kappa shape index (κ1) is 13.6. The molecule has 0 aliphatic heterocycles. The third-order valence-electron chi connectivity index (χ3n) is 3.72. The number of aromatic nitrogens is 1. The lowest BCUT2D eigenvalue weighted by Gasteiger charge is -2.10. The number of pyridine rings is 1. The molecule has 1 fully saturated rings. The monoisotopic (exact) mass is 278 g/mol. The molecule has 1 heterocycles. The summed E-state index contributed by atoms with van der Waals surface area (Å²) in [6.07, 6.45) is 7.55. The molecule has 0 unspecified atom stereocenters. The Morgan fingerprint density at radius 1 is 1.33 bits per heavy atom. The van der Waals surface area contributed by atoms with Crippen LogP contribution in [-0.4, -0.2) is 16.9 Å². The maximum atomic E-state index is 12.2. The van der Waals surface area contributed by atoms with Crippen LogP contribution in [0.15, 0.2) is 43.2 Å². The maximum absolute atomic E-state index is 12.2. The van der Waals surface area contributed by atoms with Crippen molar-refractivity contribution in [2.45, 2.75) is 25.8 Å². The number of rotatable bonds is 4. The van der Waals surface area contributed by atoms with E-state index in [-0.39, 0.29) is 5.91 Å². The molecule has 21 heavy (non-hydrogen) atoms. The zero-order valence-corrected chi connectivity index (χ0v) is 12.1. The van der Waals surface area contributed by atoms with E-state index in [0.717, 1.165) is 35.1 Å². The van der Waals surface area contributed by atoms with Gasteiger partial charge >= 0.3 is 0 Å². The van der Waals surface area contributed by atoms with Crippen molar-refractivity contribution in [3.05, 3.63) is 59.9 Å². The van der Waals surface area contributed by atoms with E-state index in [2.05, 4.69) is 16.9 Å². The van der Waals surface area contributed by atoms with Crippen LogP contribution in [-0.2, 0) is 0 Å². The van der Waals surface area contributed by atoms with Crippen LogP contribution in [0, 0.1) is 6.92 Å². The fraction of sp³-hybridized carbons (Fsp3) is 0.222. The van der Waals surface area contributed by atoms with Crippen molar-refractivity contribution in [1.29, 1.82) is 0 Å². The van der Waals surface area contributed by atoms with E-state index in [1.165, 1.54) is 0 Å². The van der Waals surface area contributed by atoms with Gasteiger partial charge in [0.15, 0.2) is 0 Å². The Morgan fingerprint density at radius 3 is 2.86 bits per heavy atom. The van der Waals surface area contributed by atoms with Crippen molar-refractivity contribution >= 4 is 12.0 Å². The first-order chi connectivity index (χ1) is 10.2. The molecule has 1 aliphatic rings. The minimum Gasteiger partial charge on any atom is -0.349 e. The van der Waals surface area contributed by atoms with E-state index in [9.17, 15) is 4.79 Å². The number of hydrogen-bond acceptors (Lipinski definition) is 2. The molecule has 1 aromatic heterocycles. The van der Waals surface area contributed by atoms with Crippen LogP contribution in [0.5, 0.6) is 0 Å². The summed E-state index contributed by atoms with van der Waals surface area (Å²) in [5.41, 5.74) is 4.84. The summed E-state index contributed by atoms with van der Waals surface area (Å²) in [7, 11) is 0. The van der Waals surface area contributed by atoms with Crippen LogP contribution >= 0.6 is 0 Å². The Balaban J connectivity index is 1.96. The number of aryl methyl sites for hydroxylation is 1. The van der Waals surface area contributed by atoms with Gasteiger partial charge in [-0.05, 0) is 54.7 Å². The topological polar surface area (TPSA) is 42.0 Å². The van der Waals surface area contributed by atoms with Crippen molar-refractivity contribution in [3.8, 4) is 11.1 Å². The minimum absolute atomic E-state index is 0.00610. The van der Waals surface area contributed by atoms with E-state index < -0.39 is 0 Å². The molecular formula is C18H18N2O. The fourth-order valence-electron chi connectivity index (χ4n) is 2.29. The van der Waals surface area contributed by atoms with Gasteiger partial charge in [0.05, 0.1) is 0 Å². The van der Waals surface area contributed by atoms with Gasteiger partial charge in [-0.3, -0.25) is 9.78 Å². The second-order valence-electron chi connectivity index (χ2n) is 5.49. The summed E-state index contributed by atoms with van der Waals surface area (Å²) in [4.78, 5) is 16.4. The van der Waals surface area contributed by atoms with Crippen LogP contribution in [0.3, 0.4) is 0 Å². The number of carbonyl (C=O) groups is 1. The lowest BCUT2D eigenvalue weighted by Crippen LogP contribution is -2.25. The Bertz CT molecular complexity index is 702. The van der Waals surface area contributed by atoms with E-state index >= 15 is 0 Å². The molecule has 1 amide bonds. The molecule has 0 radical (unpaired) electrons. The van der Waals surface area contributed by atoms with Crippen molar-refractivity contribution in [2.24, 2.45) is 0 Å². The van der Waals surface area contributed by atoms with Gasteiger partial charge in [-0.25, -0.2) is 0 Å². The summed E-state index contributed by atoms with van der Waals surface area (Å²) in [6, 6.07) is 8.20. The first-order valence-electron chi connectivity index (χ1n) is 7.17. The average molecular weight is 278 g/mol. The molecule has 1 N–H and O–H groups in total. The smallest absolute Gasteiger partial charge is 0.251 e. The summed E-state index contributed by atoms with van der Waals surface area (Å²) in [5.74, 6) is 0.00610. The van der Waals surface area contributed by atoms with Gasteiger partial charge in [0, 0.05) is 29.6 Å². The van der Waals surface area contributed by atoms with Gasteiger partial charge in [-0.15, -0.1) is 0 Å². The Morgan fingerprint density at radius 2 is 2.14 bits per heavy atom. The van der Waals surface area contributed by atoms with E-state index in [0.29, 0.717) is 11.6 Å². The second-order valence-corrected chi connectivity index (χ2v) is 5.49. The first-order valence-corrected chi connectivity index (χ1v) is 7.17. The van der Waals surface area contributed by atoms with Crippen LogP contribution < -0.4 is 5.32 Å². The van der Waals surface area contributed by atoms with Gasteiger partial charge in [-0.1, -0.05) is 18.7 Å². The Hall–Kier alpha value is -2.42. The molecule has 106 valence electrons. The summed E-state index contributed by atoms with van der Waals surface area (Å²) >= 11 is 0. The number of nitrogens with zero attached hydrogens (tertiary/aromatic N) is 1. The summed E-state index contributed by atoms with van der Waals surface area (Å²) in [6.45, 7) is 5.81. The molecule has 0 spiro atoms. The zero-order chi connectivity index (χ0) is 14.8. The highest BCUT2D eigenvalue weighted by atomic mass is 16.1. The molecule has 1 aromatic carbocycles. The van der Waals surface area contributed by atoms with Gasteiger partial charge in [0.1, 0.15) is 0 Å². The third kappa shape index (κ3) is 3.02. The molecule has 0 saturated heterocycles. The van der Waals surface area contributed by atoms with Gasteiger partial charge < -0.3 is 5.32 Å². The highest BCUT2D eigenvalue weighted by Gasteiger charge is 2.24. The van der Waals surface area contributed by atoms with E-state index in [4.69, 9.17) is 0 Å². The molecular weight excluding hydrogens is 260 g/mol. The van der Waals surface area contributed by atoms with Gasteiger partial charge in [0.2, 0.25) is 0 Å². The molecule has 3 rings (SSSR count). The highest BCUT2D eigenvalue weighted by molar-refractivity contribution is 5.96. The van der Waals surface area contributed by atoms with Crippen LogP contribution in [0.1, 0.15) is 34.3 Å². The maximum Gasteiger partial charge on any atom is 0.251 e. The van der Waals surface area contributed by atoms with Crippen LogP contribution in [0.25, 0.3) is 17.2 Å². The standard InChI is InChI=1S/C18H18N2O/c1-3-13-8-15(11-19-10-13)17-9-14(5-4-12(17)2)18(21)20-16-6-7-16/h3-5,8-11,16H,1,6-7H2,2H3,(H,20,21). The van der Waals surface area contributed by atoms with Crippen molar-refractivity contribution in [3.63, 3.8) is 0 Å². The van der Waals surface area contributed by atoms with Crippen molar-refractivity contribution in [1.82, 2.24) is 10.3 Å². The fourth-order valence-corrected chi connectivity index (χ4v) is 2.29. The Kier molecular flexibility index (Phi) is 3.57. The quantitative estimate of drug-likeness (QED) is 0.928. The lowest BCUT2D eigenvalue weighted by atomic mass is 9.98. The molecule has 3 nitrogen and oxygen atoms in total. The number of amides is 1. The zero-order valence-electron chi connectivity index (χ0n) is 12.1. The predicted octanol–water partition coefficient (Wildman–Crippen LogP) is 3.59. The number of hydrogen-bond donors (Lipinski definition) is 1. The number of nitrogens with one attached hydrogen (secondary N) is 1.